The molecule has 1 aliphatic rings. The molecular weight excluding hydrogens is 352 g/mol. The van der Waals surface area contributed by atoms with Crippen LogP contribution in [0.15, 0.2) is 18.2 Å². The van der Waals surface area contributed by atoms with Gasteiger partial charge in [0.2, 0.25) is 5.91 Å². The molecule has 1 aromatic carbocycles. The Morgan fingerprint density at radius 2 is 1.96 bits per heavy atom. The number of likely N-dealkylation sites (tertiary alicyclic amines) is 1. The molecule has 1 aromatic rings. The minimum absolute atomic E-state index is 0.0367. The maximum absolute atomic E-state index is 12.4. The van der Waals surface area contributed by atoms with E-state index in [4.69, 9.17) is 16.9 Å². The first-order valence-corrected chi connectivity index (χ1v) is 9.42. The van der Waals surface area contributed by atoms with Gasteiger partial charge in [-0.05, 0) is 43.9 Å². The van der Waals surface area contributed by atoms with Crippen LogP contribution >= 0.6 is 11.6 Å². The Kier molecular flexibility index (Phi) is 7.28. The fourth-order valence-electron chi connectivity index (χ4n) is 3.18. The van der Waals surface area contributed by atoms with Crippen LogP contribution in [0.4, 0.5) is 10.5 Å². The van der Waals surface area contributed by atoms with E-state index in [9.17, 15) is 9.59 Å². The second kappa shape index (κ2) is 9.44. The summed E-state index contributed by atoms with van der Waals surface area (Å²) in [6.45, 7) is 5.42. The molecule has 1 saturated heterocycles. The van der Waals surface area contributed by atoms with Gasteiger partial charge in [0.1, 0.15) is 6.07 Å². The first-order valence-electron chi connectivity index (χ1n) is 9.04. The van der Waals surface area contributed by atoms with Crippen molar-refractivity contribution in [3.63, 3.8) is 0 Å². The van der Waals surface area contributed by atoms with Gasteiger partial charge in [-0.3, -0.25) is 4.79 Å². The molecule has 0 aromatic heterocycles. The summed E-state index contributed by atoms with van der Waals surface area (Å²) >= 11 is 5.97. The standard InChI is InChI=1S/C19H25ClN4O2/c1-3-13(4-2)18(25)24-9-7-15(8-10-24)22-19(26)23-16-6-5-14(12-21)17(20)11-16/h5-6,11,13,15H,3-4,7-10H2,1-2H3,(H2,22,23,26). The predicted octanol–water partition coefficient (Wildman–Crippen LogP) is 3.76. The maximum atomic E-state index is 12.4. The minimum atomic E-state index is -0.310. The van der Waals surface area contributed by atoms with E-state index >= 15 is 0 Å². The van der Waals surface area contributed by atoms with Crippen molar-refractivity contribution < 1.29 is 9.59 Å². The molecule has 0 bridgehead atoms. The zero-order chi connectivity index (χ0) is 19.1. The fraction of sp³-hybridized carbons (Fsp3) is 0.526. The lowest BCUT2D eigenvalue weighted by Crippen LogP contribution is -2.48. The Morgan fingerprint density at radius 1 is 1.31 bits per heavy atom. The summed E-state index contributed by atoms with van der Waals surface area (Å²) in [6.07, 6.45) is 3.22. The van der Waals surface area contributed by atoms with E-state index in [0.717, 1.165) is 25.7 Å². The smallest absolute Gasteiger partial charge is 0.319 e. The highest BCUT2D eigenvalue weighted by molar-refractivity contribution is 6.32. The Bertz CT molecular complexity index is 689. The van der Waals surface area contributed by atoms with Gasteiger partial charge >= 0.3 is 6.03 Å². The molecule has 0 unspecified atom stereocenters. The van der Waals surface area contributed by atoms with Crippen LogP contribution in [0, 0.1) is 17.2 Å². The molecule has 140 valence electrons. The van der Waals surface area contributed by atoms with Gasteiger partial charge in [-0.2, -0.15) is 5.26 Å². The quantitative estimate of drug-likeness (QED) is 0.820. The number of anilines is 1. The van der Waals surface area contributed by atoms with Gasteiger partial charge in [0, 0.05) is 30.7 Å². The van der Waals surface area contributed by atoms with Gasteiger partial charge in [-0.15, -0.1) is 0 Å². The van der Waals surface area contributed by atoms with Gasteiger partial charge in [-0.25, -0.2) is 4.79 Å². The lowest BCUT2D eigenvalue weighted by Gasteiger charge is -2.34. The topological polar surface area (TPSA) is 85.2 Å². The van der Waals surface area contributed by atoms with Gasteiger partial charge in [0.05, 0.1) is 10.6 Å². The summed E-state index contributed by atoms with van der Waals surface area (Å²) in [5.74, 6) is 0.328. The van der Waals surface area contributed by atoms with Crippen LogP contribution < -0.4 is 10.6 Å². The van der Waals surface area contributed by atoms with Crippen molar-refractivity contribution in [3.05, 3.63) is 28.8 Å². The first-order chi connectivity index (χ1) is 12.5. The number of carbonyl (C=O) groups excluding carboxylic acids is 2. The highest BCUT2D eigenvalue weighted by Crippen LogP contribution is 2.21. The summed E-state index contributed by atoms with van der Waals surface area (Å²) in [5.41, 5.74) is 0.903. The molecule has 0 saturated carbocycles. The van der Waals surface area contributed by atoms with Crippen molar-refractivity contribution in [1.29, 1.82) is 5.26 Å². The number of piperidine rings is 1. The maximum Gasteiger partial charge on any atom is 0.319 e. The number of benzene rings is 1. The fourth-order valence-corrected chi connectivity index (χ4v) is 3.40. The molecule has 1 fully saturated rings. The van der Waals surface area contributed by atoms with Crippen LogP contribution in [0.5, 0.6) is 0 Å². The van der Waals surface area contributed by atoms with E-state index in [-0.39, 0.29) is 23.9 Å². The van der Waals surface area contributed by atoms with Gasteiger partial charge in [-0.1, -0.05) is 25.4 Å². The first kappa shape index (κ1) is 20.1. The molecular formula is C19H25ClN4O2. The average molecular weight is 377 g/mol. The van der Waals surface area contributed by atoms with E-state index in [1.54, 1.807) is 18.2 Å². The number of carbonyl (C=O) groups is 2. The number of urea groups is 1. The van der Waals surface area contributed by atoms with Crippen LogP contribution in [0.25, 0.3) is 0 Å². The van der Waals surface area contributed by atoms with Crippen LogP contribution in [-0.2, 0) is 4.79 Å². The van der Waals surface area contributed by atoms with E-state index in [1.807, 2.05) is 24.8 Å². The third-order valence-corrected chi connectivity index (χ3v) is 5.14. The van der Waals surface area contributed by atoms with Crippen LogP contribution in [0.1, 0.15) is 45.1 Å². The molecule has 2 N–H and O–H groups in total. The number of amides is 3. The largest absolute Gasteiger partial charge is 0.342 e. The van der Waals surface area contributed by atoms with Crippen molar-refractivity contribution >= 4 is 29.2 Å². The van der Waals surface area contributed by atoms with Crippen molar-refractivity contribution in [1.82, 2.24) is 10.2 Å². The molecule has 0 radical (unpaired) electrons. The monoisotopic (exact) mass is 376 g/mol. The number of halogens is 1. The molecule has 0 spiro atoms. The van der Waals surface area contributed by atoms with Crippen LogP contribution in [0.2, 0.25) is 5.02 Å². The van der Waals surface area contributed by atoms with Crippen molar-refractivity contribution in [2.24, 2.45) is 5.92 Å². The zero-order valence-electron chi connectivity index (χ0n) is 15.2. The average Bonchev–Trinajstić information content (AvgIpc) is 2.63. The number of hydrogen-bond acceptors (Lipinski definition) is 3. The SMILES string of the molecule is CCC(CC)C(=O)N1CCC(NC(=O)Nc2ccc(C#N)c(Cl)c2)CC1. The molecule has 0 atom stereocenters. The molecule has 3 amide bonds. The molecule has 1 heterocycles. The summed E-state index contributed by atoms with van der Waals surface area (Å²) < 4.78 is 0. The number of nitrogens with one attached hydrogen (secondary N) is 2. The lowest BCUT2D eigenvalue weighted by molar-refractivity contribution is -0.136. The van der Waals surface area contributed by atoms with Gasteiger partial charge in [0.15, 0.2) is 0 Å². The molecule has 26 heavy (non-hydrogen) atoms. The predicted molar refractivity (Wildman–Crippen MR) is 102 cm³/mol. The Labute approximate surface area is 159 Å². The Balaban J connectivity index is 1.82. The van der Waals surface area contributed by atoms with Crippen molar-refractivity contribution in [3.8, 4) is 6.07 Å². The Morgan fingerprint density at radius 3 is 2.50 bits per heavy atom. The van der Waals surface area contributed by atoms with Gasteiger partial charge in [0.25, 0.3) is 0 Å². The van der Waals surface area contributed by atoms with E-state index < -0.39 is 0 Å². The summed E-state index contributed by atoms with van der Waals surface area (Å²) in [7, 11) is 0. The number of nitriles is 1. The highest BCUT2D eigenvalue weighted by Gasteiger charge is 2.27. The lowest BCUT2D eigenvalue weighted by atomic mass is 9.98. The van der Waals surface area contributed by atoms with Crippen LogP contribution in [0.3, 0.4) is 0 Å². The van der Waals surface area contributed by atoms with Crippen molar-refractivity contribution in [2.45, 2.75) is 45.6 Å². The number of rotatable bonds is 5. The molecule has 6 nitrogen and oxygen atoms in total. The third kappa shape index (κ3) is 5.12. The Hall–Kier alpha value is -2.26. The molecule has 0 aliphatic carbocycles. The molecule has 7 heteroatoms. The normalized spacial score (nSPS) is 14.8. The third-order valence-electron chi connectivity index (χ3n) is 4.82. The highest BCUT2D eigenvalue weighted by atomic mass is 35.5. The van der Waals surface area contributed by atoms with Crippen LogP contribution in [-0.4, -0.2) is 36.0 Å². The molecule has 2 rings (SSSR count). The van der Waals surface area contributed by atoms with E-state index in [0.29, 0.717) is 29.4 Å². The number of hydrogen-bond donors (Lipinski definition) is 2. The second-order valence-electron chi connectivity index (χ2n) is 6.52. The molecule has 1 aliphatic heterocycles. The van der Waals surface area contributed by atoms with Crippen molar-refractivity contribution in [2.75, 3.05) is 18.4 Å². The summed E-state index contributed by atoms with van der Waals surface area (Å²) in [6, 6.07) is 6.47. The van der Waals surface area contributed by atoms with E-state index in [1.165, 1.54) is 0 Å². The summed E-state index contributed by atoms with van der Waals surface area (Å²) in [5, 5.41) is 14.8. The minimum Gasteiger partial charge on any atom is -0.342 e. The number of nitrogens with zero attached hydrogens (tertiary/aromatic N) is 2. The summed E-state index contributed by atoms with van der Waals surface area (Å²) in [4.78, 5) is 26.5. The zero-order valence-corrected chi connectivity index (χ0v) is 16.0. The van der Waals surface area contributed by atoms with Gasteiger partial charge < -0.3 is 15.5 Å². The second-order valence-corrected chi connectivity index (χ2v) is 6.93. The van der Waals surface area contributed by atoms with E-state index in [2.05, 4.69) is 10.6 Å².